The molecule has 0 saturated heterocycles. The van der Waals surface area contributed by atoms with Crippen LogP contribution in [0.15, 0.2) is 18.2 Å². The first kappa shape index (κ1) is 10.5. The third kappa shape index (κ3) is 1.71. The highest BCUT2D eigenvalue weighted by Gasteiger charge is 2.32. The molecule has 0 unspecified atom stereocenters. The minimum Gasteiger partial charge on any atom is -0.497 e. The van der Waals surface area contributed by atoms with Gasteiger partial charge in [0.15, 0.2) is 0 Å². The van der Waals surface area contributed by atoms with Gasteiger partial charge in [-0.05, 0) is 11.6 Å². The molecule has 84 valence electrons. The molecule has 16 heavy (non-hydrogen) atoms. The predicted octanol–water partition coefficient (Wildman–Crippen LogP) is 1.21. The summed E-state index contributed by atoms with van der Waals surface area (Å²) in [5.41, 5.74) is 1.35. The van der Waals surface area contributed by atoms with E-state index in [2.05, 4.69) is 5.32 Å². The Balaban J connectivity index is 2.34. The maximum Gasteiger partial charge on any atom is 0.304 e. The second kappa shape index (κ2) is 3.84. The lowest BCUT2D eigenvalue weighted by atomic mass is 9.97. The summed E-state index contributed by atoms with van der Waals surface area (Å²) in [6.45, 7) is 0. The van der Waals surface area contributed by atoms with Gasteiger partial charge >= 0.3 is 5.97 Å². The number of carboxylic acids is 1. The summed E-state index contributed by atoms with van der Waals surface area (Å²) >= 11 is 0. The van der Waals surface area contributed by atoms with E-state index in [1.807, 2.05) is 0 Å². The molecule has 5 heteroatoms. The normalized spacial score (nSPS) is 17.8. The van der Waals surface area contributed by atoms with Gasteiger partial charge in [-0.2, -0.15) is 0 Å². The van der Waals surface area contributed by atoms with Crippen LogP contribution in [-0.4, -0.2) is 24.1 Å². The summed E-state index contributed by atoms with van der Waals surface area (Å²) < 4.78 is 5.02. The first-order valence-electron chi connectivity index (χ1n) is 4.82. The zero-order valence-corrected chi connectivity index (χ0v) is 8.69. The maximum absolute atomic E-state index is 11.6. The fourth-order valence-electron chi connectivity index (χ4n) is 1.81. The topological polar surface area (TPSA) is 75.6 Å². The van der Waals surface area contributed by atoms with Crippen LogP contribution in [0.5, 0.6) is 5.75 Å². The molecule has 0 spiro atoms. The van der Waals surface area contributed by atoms with Crippen molar-refractivity contribution in [2.75, 3.05) is 12.4 Å². The number of hydrogen-bond donors (Lipinski definition) is 2. The van der Waals surface area contributed by atoms with E-state index in [1.54, 1.807) is 18.2 Å². The zero-order valence-electron chi connectivity index (χ0n) is 8.69. The molecule has 1 aliphatic heterocycles. The lowest BCUT2D eigenvalue weighted by molar-refractivity contribution is -0.138. The van der Waals surface area contributed by atoms with E-state index in [1.165, 1.54) is 7.11 Å². The quantitative estimate of drug-likeness (QED) is 0.804. The lowest BCUT2D eigenvalue weighted by Gasteiger charge is -2.05. The number of aliphatic carboxylic acids is 1. The van der Waals surface area contributed by atoms with Crippen LogP contribution in [0.2, 0.25) is 0 Å². The van der Waals surface area contributed by atoms with E-state index in [0.717, 1.165) is 0 Å². The number of hydrogen-bond acceptors (Lipinski definition) is 3. The second-order valence-electron chi connectivity index (χ2n) is 3.59. The molecule has 1 aliphatic rings. The highest BCUT2D eigenvalue weighted by molar-refractivity contribution is 6.04. The molecule has 2 N–H and O–H groups in total. The fourth-order valence-corrected chi connectivity index (χ4v) is 1.81. The third-order valence-corrected chi connectivity index (χ3v) is 2.59. The van der Waals surface area contributed by atoms with Gasteiger partial charge in [0.2, 0.25) is 5.91 Å². The number of benzene rings is 1. The zero-order chi connectivity index (χ0) is 11.7. The maximum atomic E-state index is 11.6. The van der Waals surface area contributed by atoms with Crippen LogP contribution in [0, 0.1) is 0 Å². The van der Waals surface area contributed by atoms with Gasteiger partial charge in [0.1, 0.15) is 5.75 Å². The second-order valence-corrected chi connectivity index (χ2v) is 3.59. The highest BCUT2D eigenvalue weighted by Crippen LogP contribution is 2.36. The van der Waals surface area contributed by atoms with E-state index in [9.17, 15) is 9.59 Å². The van der Waals surface area contributed by atoms with Gasteiger partial charge in [0.05, 0.1) is 19.4 Å². The van der Waals surface area contributed by atoms with Crippen LogP contribution >= 0.6 is 0 Å². The molecule has 1 aromatic rings. The molecule has 0 bridgehead atoms. The number of carbonyl (C=O) groups excluding carboxylic acids is 1. The molecule has 1 heterocycles. The number of methoxy groups -OCH3 is 1. The smallest absolute Gasteiger partial charge is 0.304 e. The number of fused-ring (bicyclic) bond motifs is 1. The van der Waals surface area contributed by atoms with E-state index in [0.29, 0.717) is 17.0 Å². The van der Waals surface area contributed by atoms with Crippen molar-refractivity contribution in [2.24, 2.45) is 0 Å². The number of ether oxygens (including phenoxy) is 1. The minimum absolute atomic E-state index is 0.189. The van der Waals surface area contributed by atoms with Gasteiger partial charge in [-0.1, -0.05) is 6.07 Å². The SMILES string of the molecule is COc1ccc2c(c1)NC(=O)[C@@H]2CC(=O)O. The van der Waals surface area contributed by atoms with Crippen molar-refractivity contribution in [2.45, 2.75) is 12.3 Å². The average molecular weight is 221 g/mol. The summed E-state index contributed by atoms with van der Waals surface area (Å²) in [6, 6.07) is 5.13. The Hall–Kier alpha value is -2.04. The van der Waals surface area contributed by atoms with Gasteiger partial charge in [0.25, 0.3) is 0 Å². The third-order valence-electron chi connectivity index (χ3n) is 2.59. The summed E-state index contributed by atoms with van der Waals surface area (Å²) in [4.78, 5) is 22.2. The monoisotopic (exact) mass is 221 g/mol. The van der Waals surface area contributed by atoms with Crippen LogP contribution in [-0.2, 0) is 9.59 Å². The molecule has 5 nitrogen and oxygen atoms in total. The van der Waals surface area contributed by atoms with Crippen LogP contribution in [0.1, 0.15) is 17.9 Å². The van der Waals surface area contributed by atoms with Crippen molar-refractivity contribution in [1.29, 1.82) is 0 Å². The molecule has 0 aromatic heterocycles. The summed E-state index contributed by atoms with van der Waals surface area (Å²) in [5.74, 6) is -1.22. The predicted molar refractivity (Wildman–Crippen MR) is 56.6 cm³/mol. The molecule has 1 aromatic carbocycles. The number of rotatable bonds is 3. The number of carbonyl (C=O) groups is 2. The number of nitrogens with one attached hydrogen (secondary N) is 1. The fraction of sp³-hybridized carbons (Fsp3) is 0.273. The van der Waals surface area contributed by atoms with E-state index >= 15 is 0 Å². The Morgan fingerprint density at radius 1 is 1.56 bits per heavy atom. The van der Waals surface area contributed by atoms with E-state index in [-0.39, 0.29) is 12.3 Å². The molecule has 2 rings (SSSR count). The Morgan fingerprint density at radius 2 is 2.31 bits per heavy atom. The van der Waals surface area contributed by atoms with E-state index < -0.39 is 11.9 Å². The number of anilines is 1. The standard InChI is InChI=1S/C11H11NO4/c1-16-6-2-3-7-8(5-10(13)14)11(15)12-9(7)4-6/h2-4,8H,5H2,1H3,(H,12,15)(H,13,14)/t8-/m1/s1. The number of amides is 1. The van der Waals surface area contributed by atoms with Gasteiger partial charge < -0.3 is 15.2 Å². The Bertz CT molecular complexity index is 455. The van der Waals surface area contributed by atoms with Crippen LogP contribution < -0.4 is 10.1 Å². The molecule has 1 amide bonds. The van der Waals surface area contributed by atoms with Crippen molar-refractivity contribution in [3.05, 3.63) is 23.8 Å². The molecule has 0 radical (unpaired) electrons. The average Bonchev–Trinajstić information content (AvgIpc) is 2.54. The molecule has 1 atom stereocenters. The van der Waals surface area contributed by atoms with Crippen molar-refractivity contribution in [3.63, 3.8) is 0 Å². The van der Waals surface area contributed by atoms with Gasteiger partial charge in [-0.25, -0.2) is 0 Å². The van der Waals surface area contributed by atoms with Crippen molar-refractivity contribution >= 4 is 17.6 Å². The molecular weight excluding hydrogens is 210 g/mol. The summed E-state index contributed by atoms with van der Waals surface area (Å²) in [7, 11) is 1.53. The molecular formula is C11H11NO4. The largest absolute Gasteiger partial charge is 0.497 e. The van der Waals surface area contributed by atoms with Crippen LogP contribution in [0.3, 0.4) is 0 Å². The minimum atomic E-state index is -0.983. The number of carboxylic acid groups (broad SMARTS) is 1. The molecule has 0 aliphatic carbocycles. The van der Waals surface area contributed by atoms with Crippen molar-refractivity contribution in [1.82, 2.24) is 0 Å². The highest BCUT2D eigenvalue weighted by atomic mass is 16.5. The summed E-state index contributed by atoms with van der Waals surface area (Å²) in [6.07, 6.45) is -0.189. The van der Waals surface area contributed by atoms with Gasteiger partial charge in [0, 0.05) is 11.8 Å². The van der Waals surface area contributed by atoms with Crippen molar-refractivity contribution < 1.29 is 19.4 Å². The summed E-state index contributed by atoms with van der Waals surface area (Å²) in [5, 5.41) is 11.4. The molecule has 0 saturated carbocycles. The lowest BCUT2D eigenvalue weighted by Crippen LogP contribution is -2.15. The first-order valence-corrected chi connectivity index (χ1v) is 4.82. The van der Waals surface area contributed by atoms with Crippen molar-refractivity contribution in [3.8, 4) is 5.75 Å². The Morgan fingerprint density at radius 3 is 2.94 bits per heavy atom. The molecule has 0 fully saturated rings. The first-order chi connectivity index (χ1) is 7.61. The Labute approximate surface area is 92.0 Å². The van der Waals surface area contributed by atoms with Crippen LogP contribution in [0.4, 0.5) is 5.69 Å². The van der Waals surface area contributed by atoms with E-state index in [4.69, 9.17) is 9.84 Å². The Kier molecular flexibility index (Phi) is 2.52. The van der Waals surface area contributed by atoms with Gasteiger partial charge in [-0.3, -0.25) is 9.59 Å². The van der Waals surface area contributed by atoms with Gasteiger partial charge in [-0.15, -0.1) is 0 Å². The van der Waals surface area contributed by atoms with Crippen LogP contribution in [0.25, 0.3) is 0 Å².